The summed E-state index contributed by atoms with van der Waals surface area (Å²) in [5.74, 6) is 2.25. The van der Waals surface area contributed by atoms with Crippen molar-refractivity contribution in [3.63, 3.8) is 0 Å². The SMILES string of the molecule is CC1CCN(C(N)=NCC(C(C)C)N2CCCC2)CC1. The van der Waals surface area contributed by atoms with Gasteiger partial charge in [0.25, 0.3) is 0 Å². The van der Waals surface area contributed by atoms with Gasteiger partial charge in [-0.2, -0.15) is 0 Å². The van der Waals surface area contributed by atoms with Crippen molar-refractivity contribution in [1.29, 1.82) is 0 Å². The van der Waals surface area contributed by atoms with Crippen LogP contribution in [0.5, 0.6) is 0 Å². The Labute approximate surface area is 124 Å². The van der Waals surface area contributed by atoms with Gasteiger partial charge in [0.15, 0.2) is 5.96 Å². The van der Waals surface area contributed by atoms with E-state index >= 15 is 0 Å². The molecule has 0 amide bonds. The number of guanidine groups is 1. The Morgan fingerprint density at radius 3 is 2.30 bits per heavy atom. The third-order valence-electron chi connectivity index (χ3n) is 4.93. The number of piperidine rings is 1. The van der Waals surface area contributed by atoms with Crippen molar-refractivity contribution in [3.8, 4) is 0 Å². The molecule has 0 spiro atoms. The first-order valence-electron chi connectivity index (χ1n) is 8.37. The average molecular weight is 280 g/mol. The number of nitrogens with two attached hydrogens (primary N) is 1. The first-order valence-corrected chi connectivity index (χ1v) is 8.37. The van der Waals surface area contributed by atoms with E-state index in [0.29, 0.717) is 12.0 Å². The maximum absolute atomic E-state index is 6.20. The summed E-state index contributed by atoms with van der Waals surface area (Å²) in [4.78, 5) is 9.58. The fourth-order valence-electron chi connectivity index (χ4n) is 3.35. The molecule has 20 heavy (non-hydrogen) atoms. The summed E-state index contributed by atoms with van der Waals surface area (Å²) < 4.78 is 0. The van der Waals surface area contributed by atoms with Crippen LogP contribution in [0.15, 0.2) is 4.99 Å². The zero-order chi connectivity index (χ0) is 14.5. The molecule has 0 aliphatic carbocycles. The van der Waals surface area contributed by atoms with Gasteiger partial charge in [-0.25, -0.2) is 0 Å². The first kappa shape index (κ1) is 15.6. The van der Waals surface area contributed by atoms with Gasteiger partial charge in [0, 0.05) is 19.1 Å². The van der Waals surface area contributed by atoms with E-state index < -0.39 is 0 Å². The molecular formula is C16H32N4. The zero-order valence-corrected chi connectivity index (χ0v) is 13.5. The second-order valence-corrected chi connectivity index (χ2v) is 6.92. The van der Waals surface area contributed by atoms with Gasteiger partial charge in [0.05, 0.1) is 6.54 Å². The van der Waals surface area contributed by atoms with Crippen LogP contribution < -0.4 is 5.73 Å². The molecule has 1 atom stereocenters. The Balaban J connectivity index is 1.88. The van der Waals surface area contributed by atoms with Crippen molar-refractivity contribution in [2.45, 2.75) is 52.5 Å². The van der Waals surface area contributed by atoms with E-state index in [9.17, 15) is 0 Å². The quantitative estimate of drug-likeness (QED) is 0.634. The molecule has 2 fully saturated rings. The van der Waals surface area contributed by atoms with Gasteiger partial charge in [-0.1, -0.05) is 20.8 Å². The van der Waals surface area contributed by atoms with E-state index in [1.165, 1.54) is 38.8 Å². The standard InChI is InChI=1S/C16H32N4/c1-13(2)15(19-8-4-5-9-19)12-18-16(17)20-10-6-14(3)7-11-20/h13-15H,4-12H2,1-3H3,(H2,17,18). The third kappa shape index (κ3) is 4.11. The largest absolute Gasteiger partial charge is 0.370 e. The van der Waals surface area contributed by atoms with Gasteiger partial charge in [-0.3, -0.25) is 9.89 Å². The molecule has 0 aromatic rings. The molecule has 2 aliphatic rings. The molecule has 4 nitrogen and oxygen atoms in total. The smallest absolute Gasteiger partial charge is 0.191 e. The summed E-state index contributed by atoms with van der Waals surface area (Å²) in [6.45, 7) is 12.4. The minimum Gasteiger partial charge on any atom is -0.370 e. The Morgan fingerprint density at radius 1 is 1.15 bits per heavy atom. The van der Waals surface area contributed by atoms with E-state index in [-0.39, 0.29) is 0 Å². The van der Waals surface area contributed by atoms with Crippen LogP contribution in [0.1, 0.15) is 46.5 Å². The highest BCUT2D eigenvalue weighted by Gasteiger charge is 2.25. The molecule has 2 N–H and O–H groups in total. The fourth-order valence-corrected chi connectivity index (χ4v) is 3.35. The van der Waals surface area contributed by atoms with Gasteiger partial charge in [-0.15, -0.1) is 0 Å². The van der Waals surface area contributed by atoms with Crippen LogP contribution in [0, 0.1) is 11.8 Å². The molecule has 1 unspecified atom stereocenters. The number of aliphatic imine (C=N–C) groups is 1. The van der Waals surface area contributed by atoms with Crippen molar-refractivity contribution >= 4 is 5.96 Å². The molecule has 116 valence electrons. The van der Waals surface area contributed by atoms with E-state index in [4.69, 9.17) is 10.7 Å². The number of likely N-dealkylation sites (tertiary alicyclic amines) is 2. The molecule has 0 saturated carbocycles. The van der Waals surface area contributed by atoms with Gasteiger partial charge in [0.2, 0.25) is 0 Å². The molecule has 2 saturated heterocycles. The number of rotatable bonds is 4. The molecule has 0 radical (unpaired) electrons. The second-order valence-electron chi connectivity index (χ2n) is 6.92. The number of hydrogen-bond donors (Lipinski definition) is 1. The first-order chi connectivity index (χ1) is 9.58. The van der Waals surface area contributed by atoms with Crippen molar-refractivity contribution in [1.82, 2.24) is 9.80 Å². The van der Waals surface area contributed by atoms with Gasteiger partial charge in [0.1, 0.15) is 0 Å². The average Bonchev–Trinajstić information content (AvgIpc) is 2.93. The normalized spacial score (nSPS) is 24.6. The van der Waals surface area contributed by atoms with Crippen molar-refractivity contribution in [2.75, 3.05) is 32.7 Å². The molecule has 0 aromatic heterocycles. The lowest BCUT2D eigenvalue weighted by Crippen LogP contribution is -2.44. The monoisotopic (exact) mass is 280 g/mol. The van der Waals surface area contributed by atoms with Crippen molar-refractivity contribution < 1.29 is 0 Å². The van der Waals surface area contributed by atoms with Crippen LogP contribution in [0.3, 0.4) is 0 Å². The summed E-state index contributed by atoms with van der Waals surface area (Å²) in [6.07, 6.45) is 5.17. The maximum Gasteiger partial charge on any atom is 0.191 e. The van der Waals surface area contributed by atoms with E-state index in [0.717, 1.165) is 31.5 Å². The van der Waals surface area contributed by atoms with Crippen molar-refractivity contribution in [2.24, 2.45) is 22.6 Å². The van der Waals surface area contributed by atoms with Crippen LogP contribution in [-0.4, -0.2) is 54.5 Å². The zero-order valence-electron chi connectivity index (χ0n) is 13.5. The Kier molecular flexibility index (Phi) is 5.70. The summed E-state index contributed by atoms with van der Waals surface area (Å²) in [7, 11) is 0. The van der Waals surface area contributed by atoms with Crippen LogP contribution in [0.4, 0.5) is 0 Å². The third-order valence-corrected chi connectivity index (χ3v) is 4.93. The fraction of sp³-hybridized carbons (Fsp3) is 0.938. The van der Waals surface area contributed by atoms with Crippen LogP contribution in [0.25, 0.3) is 0 Å². The summed E-state index contributed by atoms with van der Waals surface area (Å²) in [5.41, 5.74) is 6.20. The van der Waals surface area contributed by atoms with Crippen LogP contribution >= 0.6 is 0 Å². The van der Waals surface area contributed by atoms with E-state index in [1.807, 2.05) is 0 Å². The summed E-state index contributed by atoms with van der Waals surface area (Å²) in [5, 5.41) is 0. The molecule has 2 rings (SSSR count). The molecule has 0 bridgehead atoms. The molecule has 4 heteroatoms. The Bertz CT molecular complexity index is 312. The lowest BCUT2D eigenvalue weighted by atomic mass is 9.99. The topological polar surface area (TPSA) is 44.9 Å². The molecule has 2 heterocycles. The second kappa shape index (κ2) is 7.30. The van der Waals surface area contributed by atoms with Crippen molar-refractivity contribution in [3.05, 3.63) is 0 Å². The van der Waals surface area contributed by atoms with Crippen LogP contribution in [0.2, 0.25) is 0 Å². The highest BCUT2D eigenvalue weighted by atomic mass is 15.3. The Morgan fingerprint density at radius 2 is 1.75 bits per heavy atom. The van der Waals surface area contributed by atoms with Gasteiger partial charge in [-0.05, 0) is 50.6 Å². The number of hydrogen-bond acceptors (Lipinski definition) is 2. The maximum atomic E-state index is 6.20. The van der Waals surface area contributed by atoms with E-state index in [1.54, 1.807) is 0 Å². The predicted molar refractivity (Wildman–Crippen MR) is 85.9 cm³/mol. The van der Waals surface area contributed by atoms with E-state index in [2.05, 4.69) is 30.6 Å². The predicted octanol–water partition coefficient (Wildman–Crippen LogP) is 2.15. The minimum atomic E-state index is 0.555. The Hall–Kier alpha value is -0.770. The lowest BCUT2D eigenvalue weighted by Gasteiger charge is -2.32. The summed E-state index contributed by atoms with van der Waals surface area (Å²) in [6, 6.07) is 0.555. The molecular weight excluding hydrogens is 248 g/mol. The minimum absolute atomic E-state index is 0.555. The van der Waals surface area contributed by atoms with Gasteiger partial charge >= 0.3 is 0 Å². The highest BCUT2D eigenvalue weighted by molar-refractivity contribution is 5.78. The highest BCUT2D eigenvalue weighted by Crippen LogP contribution is 2.19. The van der Waals surface area contributed by atoms with Crippen LogP contribution in [-0.2, 0) is 0 Å². The number of nitrogens with zero attached hydrogens (tertiary/aromatic N) is 3. The van der Waals surface area contributed by atoms with Gasteiger partial charge < -0.3 is 10.6 Å². The lowest BCUT2D eigenvalue weighted by molar-refractivity contribution is 0.196. The summed E-state index contributed by atoms with van der Waals surface area (Å²) >= 11 is 0. The molecule has 0 aromatic carbocycles. The molecule has 2 aliphatic heterocycles.